The zero-order chi connectivity index (χ0) is 16.8. The van der Waals surface area contributed by atoms with E-state index in [4.69, 9.17) is 5.73 Å². The Bertz CT molecular complexity index is 561. The number of piperidine rings is 1. The molecule has 0 saturated carbocycles. The first-order chi connectivity index (χ1) is 9.93. The molecule has 5 nitrogen and oxygen atoms in total. The topological polar surface area (TPSA) is 64.2 Å². The first kappa shape index (κ1) is 16.8. The summed E-state index contributed by atoms with van der Waals surface area (Å²) in [5.74, 6) is -1.83. The lowest BCUT2D eigenvalue weighted by Gasteiger charge is -2.40. The number of hydrogen-bond donors (Lipinski definition) is 1. The minimum absolute atomic E-state index is 0.0741. The lowest BCUT2D eigenvalue weighted by Crippen LogP contribution is -2.56. The van der Waals surface area contributed by atoms with Gasteiger partial charge in [0, 0.05) is 24.8 Å². The number of carbonyl (C=O) groups is 1. The van der Waals surface area contributed by atoms with Crippen LogP contribution >= 0.6 is 0 Å². The number of aromatic nitrogens is 2. The molecule has 0 spiro atoms. The van der Waals surface area contributed by atoms with Gasteiger partial charge in [-0.25, -0.2) is 0 Å². The van der Waals surface area contributed by atoms with Gasteiger partial charge in [-0.05, 0) is 33.6 Å². The molecule has 8 heteroatoms. The SMILES string of the molecule is CC(C)(C)n1cc(C2(N)CCCN(C(=O)C(F)(F)F)C2)cn1. The van der Waals surface area contributed by atoms with Crippen LogP contribution in [0.5, 0.6) is 0 Å². The van der Waals surface area contributed by atoms with E-state index in [9.17, 15) is 18.0 Å². The van der Waals surface area contributed by atoms with Gasteiger partial charge in [-0.1, -0.05) is 0 Å². The van der Waals surface area contributed by atoms with Crippen LogP contribution in [0, 0.1) is 0 Å². The lowest BCUT2D eigenvalue weighted by atomic mass is 9.85. The van der Waals surface area contributed by atoms with Crippen LogP contribution in [-0.2, 0) is 15.9 Å². The average Bonchev–Trinajstić information content (AvgIpc) is 2.87. The molecular formula is C14H21F3N4O. The highest BCUT2D eigenvalue weighted by atomic mass is 19.4. The molecule has 0 radical (unpaired) electrons. The Hall–Kier alpha value is -1.57. The van der Waals surface area contributed by atoms with E-state index < -0.39 is 17.6 Å². The number of rotatable bonds is 1. The van der Waals surface area contributed by atoms with Crippen molar-refractivity contribution in [3.63, 3.8) is 0 Å². The standard InChI is InChI=1S/C14H21F3N4O/c1-12(2,3)21-8-10(7-19-21)13(18)5-4-6-20(9-13)11(22)14(15,16)17/h7-8H,4-6,9,18H2,1-3H3. The molecule has 124 valence electrons. The number of amides is 1. The highest BCUT2D eigenvalue weighted by Gasteiger charge is 2.46. The van der Waals surface area contributed by atoms with Crippen LogP contribution in [0.25, 0.3) is 0 Å². The van der Waals surface area contributed by atoms with Crippen molar-refractivity contribution in [3.8, 4) is 0 Å². The molecule has 0 aromatic carbocycles. The molecule has 22 heavy (non-hydrogen) atoms. The van der Waals surface area contributed by atoms with Crippen molar-refractivity contribution in [3.05, 3.63) is 18.0 Å². The van der Waals surface area contributed by atoms with Gasteiger partial charge in [0.2, 0.25) is 0 Å². The maximum atomic E-state index is 12.6. The van der Waals surface area contributed by atoms with Crippen molar-refractivity contribution in [2.45, 2.75) is 50.9 Å². The highest BCUT2D eigenvalue weighted by molar-refractivity contribution is 5.82. The minimum Gasteiger partial charge on any atom is -0.333 e. The molecule has 1 aliphatic rings. The second kappa shape index (κ2) is 5.26. The van der Waals surface area contributed by atoms with E-state index in [0.29, 0.717) is 18.4 Å². The molecule has 1 saturated heterocycles. The normalized spacial score (nSPS) is 23.7. The maximum absolute atomic E-state index is 12.6. The lowest BCUT2D eigenvalue weighted by molar-refractivity contribution is -0.187. The summed E-state index contributed by atoms with van der Waals surface area (Å²) in [7, 11) is 0. The smallest absolute Gasteiger partial charge is 0.333 e. The quantitative estimate of drug-likeness (QED) is 0.861. The summed E-state index contributed by atoms with van der Waals surface area (Å²) in [5.41, 5.74) is 5.71. The summed E-state index contributed by atoms with van der Waals surface area (Å²) in [4.78, 5) is 12.2. The van der Waals surface area contributed by atoms with Gasteiger partial charge in [-0.3, -0.25) is 9.48 Å². The van der Waals surface area contributed by atoms with Crippen LogP contribution in [0.3, 0.4) is 0 Å². The Balaban J connectivity index is 2.23. The van der Waals surface area contributed by atoms with E-state index in [1.165, 1.54) is 0 Å². The Kier molecular flexibility index (Phi) is 4.01. The van der Waals surface area contributed by atoms with Crippen molar-refractivity contribution in [1.29, 1.82) is 0 Å². The molecule has 0 aliphatic carbocycles. The molecule has 2 N–H and O–H groups in total. The fourth-order valence-electron chi connectivity index (χ4n) is 2.62. The number of hydrogen-bond acceptors (Lipinski definition) is 3. The van der Waals surface area contributed by atoms with Crippen LogP contribution in [0.4, 0.5) is 13.2 Å². The molecule has 1 aromatic heterocycles. The summed E-state index contributed by atoms with van der Waals surface area (Å²) < 4.78 is 39.5. The van der Waals surface area contributed by atoms with E-state index >= 15 is 0 Å². The highest BCUT2D eigenvalue weighted by Crippen LogP contribution is 2.32. The molecule has 2 rings (SSSR count). The first-order valence-corrected chi connectivity index (χ1v) is 7.14. The van der Waals surface area contributed by atoms with Gasteiger partial charge in [-0.2, -0.15) is 18.3 Å². The first-order valence-electron chi connectivity index (χ1n) is 7.14. The van der Waals surface area contributed by atoms with Gasteiger partial charge >= 0.3 is 12.1 Å². The molecule has 1 amide bonds. The van der Waals surface area contributed by atoms with Crippen molar-refractivity contribution in [2.75, 3.05) is 13.1 Å². The predicted molar refractivity (Wildman–Crippen MR) is 75.0 cm³/mol. The Morgan fingerprint density at radius 2 is 2.00 bits per heavy atom. The van der Waals surface area contributed by atoms with E-state index in [1.54, 1.807) is 17.1 Å². The van der Waals surface area contributed by atoms with Crippen molar-refractivity contribution < 1.29 is 18.0 Å². The van der Waals surface area contributed by atoms with Gasteiger partial charge in [-0.15, -0.1) is 0 Å². The fourth-order valence-corrected chi connectivity index (χ4v) is 2.62. The van der Waals surface area contributed by atoms with Crippen LogP contribution < -0.4 is 5.73 Å². The average molecular weight is 318 g/mol. The molecule has 2 heterocycles. The summed E-state index contributed by atoms with van der Waals surface area (Å²) in [6.45, 7) is 5.82. The van der Waals surface area contributed by atoms with Crippen molar-refractivity contribution >= 4 is 5.91 Å². The van der Waals surface area contributed by atoms with E-state index in [0.717, 1.165) is 4.90 Å². The number of halogens is 3. The zero-order valence-electron chi connectivity index (χ0n) is 12.9. The number of carbonyl (C=O) groups excluding carboxylic acids is 1. The predicted octanol–water partition coefficient (Wildman–Crippen LogP) is 1.98. The molecular weight excluding hydrogens is 297 g/mol. The van der Waals surface area contributed by atoms with Gasteiger partial charge in [0.25, 0.3) is 0 Å². The molecule has 0 bridgehead atoms. The zero-order valence-corrected chi connectivity index (χ0v) is 12.9. The Labute approximate surface area is 127 Å². The molecule has 1 fully saturated rings. The van der Waals surface area contributed by atoms with Crippen LogP contribution in [0.15, 0.2) is 12.4 Å². The monoisotopic (exact) mass is 318 g/mol. The van der Waals surface area contributed by atoms with Crippen LogP contribution in [0.2, 0.25) is 0 Å². The number of nitrogens with two attached hydrogens (primary N) is 1. The van der Waals surface area contributed by atoms with Gasteiger partial charge in [0.05, 0.1) is 17.3 Å². The Morgan fingerprint density at radius 1 is 1.36 bits per heavy atom. The summed E-state index contributed by atoms with van der Waals surface area (Å²) in [6.07, 6.45) is -0.592. The minimum atomic E-state index is -4.87. The van der Waals surface area contributed by atoms with E-state index in [2.05, 4.69) is 5.10 Å². The largest absolute Gasteiger partial charge is 0.471 e. The van der Waals surface area contributed by atoms with E-state index in [1.807, 2.05) is 20.8 Å². The number of nitrogens with zero attached hydrogens (tertiary/aromatic N) is 3. The summed E-state index contributed by atoms with van der Waals surface area (Å²) in [6, 6.07) is 0. The molecule has 1 aliphatic heterocycles. The van der Waals surface area contributed by atoms with E-state index in [-0.39, 0.29) is 18.6 Å². The summed E-state index contributed by atoms with van der Waals surface area (Å²) in [5, 5.41) is 4.24. The van der Waals surface area contributed by atoms with Gasteiger partial charge in [0.1, 0.15) is 0 Å². The molecule has 1 unspecified atom stereocenters. The van der Waals surface area contributed by atoms with Crippen molar-refractivity contribution in [2.24, 2.45) is 5.73 Å². The third-order valence-electron chi connectivity index (χ3n) is 3.90. The molecule has 1 aromatic rings. The molecule has 1 atom stereocenters. The summed E-state index contributed by atoms with van der Waals surface area (Å²) >= 11 is 0. The fraction of sp³-hybridized carbons (Fsp3) is 0.714. The third kappa shape index (κ3) is 3.26. The maximum Gasteiger partial charge on any atom is 0.471 e. The van der Waals surface area contributed by atoms with Gasteiger partial charge < -0.3 is 10.6 Å². The van der Waals surface area contributed by atoms with Crippen LogP contribution in [-0.4, -0.2) is 39.9 Å². The number of alkyl halides is 3. The second-order valence-electron chi connectivity index (χ2n) is 6.83. The Morgan fingerprint density at radius 3 is 2.50 bits per heavy atom. The van der Waals surface area contributed by atoms with Gasteiger partial charge in [0.15, 0.2) is 0 Å². The number of likely N-dealkylation sites (tertiary alicyclic amines) is 1. The van der Waals surface area contributed by atoms with Crippen molar-refractivity contribution in [1.82, 2.24) is 14.7 Å². The van der Waals surface area contributed by atoms with Crippen LogP contribution in [0.1, 0.15) is 39.2 Å². The second-order valence-corrected chi connectivity index (χ2v) is 6.83. The third-order valence-corrected chi connectivity index (χ3v) is 3.90.